The third-order valence-electron chi connectivity index (χ3n) is 4.12. The monoisotopic (exact) mass is 412 g/mol. The van der Waals surface area contributed by atoms with E-state index in [2.05, 4.69) is 17.4 Å². The summed E-state index contributed by atoms with van der Waals surface area (Å²) in [5, 5.41) is 7.87. The standard InChI is InChI=1S/C21H14Cl2N2OS/c22-13-9-10-19(17(23)11-13)24-20(26)12-27-21-16-7-2-1-5-14(16)15-6-3-4-8-18(15)25-21/h1-11H,12H2,(H,24,26). The number of para-hydroxylation sites is 1. The number of hydrogen-bond acceptors (Lipinski definition) is 3. The number of amides is 1. The van der Waals surface area contributed by atoms with Crippen molar-refractivity contribution in [2.24, 2.45) is 0 Å². The topological polar surface area (TPSA) is 42.0 Å². The summed E-state index contributed by atoms with van der Waals surface area (Å²) in [4.78, 5) is 17.1. The molecule has 1 amide bonds. The highest BCUT2D eigenvalue weighted by Gasteiger charge is 2.12. The van der Waals surface area contributed by atoms with Gasteiger partial charge in [-0.25, -0.2) is 4.98 Å². The van der Waals surface area contributed by atoms with Crippen LogP contribution in [0.15, 0.2) is 71.8 Å². The normalized spacial score (nSPS) is 11.0. The second-order valence-electron chi connectivity index (χ2n) is 5.94. The van der Waals surface area contributed by atoms with Crippen LogP contribution >= 0.6 is 35.0 Å². The van der Waals surface area contributed by atoms with Crippen LogP contribution in [0.25, 0.3) is 21.7 Å². The summed E-state index contributed by atoms with van der Waals surface area (Å²) < 4.78 is 0. The molecule has 3 nitrogen and oxygen atoms in total. The van der Waals surface area contributed by atoms with Crippen LogP contribution in [0.4, 0.5) is 5.69 Å². The SMILES string of the molecule is O=C(CSc1nc2ccccc2c2ccccc12)Nc1ccc(Cl)cc1Cl. The van der Waals surface area contributed by atoms with Crippen LogP contribution in [0.3, 0.4) is 0 Å². The first-order valence-electron chi connectivity index (χ1n) is 8.27. The lowest BCUT2D eigenvalue weighted by molar-refractivity contribution is -0.113. The third kappa shape index (κ3) is 3.88. The highest BCUT2D eigenvalue weighted by Crippen LogP contribution is 2.32. The molecular weight excluding hydrogens is 399 g/mol. The zero-order chi connectivity index (χ0) is 18.8. The fraction of sp³-hybridized carbons (Fsp3) is 0.0476. The molecule has 3 aromatic carbocycles. The Morgan fingerprint density at radius 1 is 0.926 bits per heavy atom. The number of carbonyl (C=O) groups excluding carboxylic acids is 1. The van der Waals surface area contributed by atoms with Gasteiger partial charge in [0, 0.05) is 15.8 Å². The van der Waals surface area contributed by atoms with Crippen LogP contribution in [-0.2, 0) is 4.79 Å². The first-order chi connectivity index (χ1) is 13.1. The number of thioether (sulfide) groups is 1. The van der Waals surface area contributed by atoms with Crippen molar-refractivity contribution in [2.75, 3.05) is 11.1 Å². The second-order valence-corrected chi connectivity index (χ2v) is 7.75. The highest BCUT2D eigenvalue weighted by molar-refractivity contribution is 8.00. The summed E-state index contributed by atoms with van der Waals surface area (Å²) in [5.41, 5.74) is 1.46. The summed E-state index contributed by atoms with van der Waals surface area (Å²) in [6, 6.07) is 21.1. The van der Waals surface area contributed by atoms with Crippen molar-refractivity contribution in [1.29, 1.82) is 0 Å². The van der Waals surface area contributed by atoms with Gasteiger partial charge in [-0.15, -0.1) is 0 Å². The van der Waals surface area contributed by atoms with Gasteiger partial charge in [0.25, 0.3) is 0 Å². The highest BCUT2D eigenvalue weighted by atomic mass is 35.5. The molecule has 0 saturated carbocycles. The molecule has 0 aliphatic heterocycles. The van der Waals surface area contributed by atoms with E-state index in [1.807, 2.05) is 36.4 Å². The molecule has 0 saturated heterocycles. The van der Waals surface area contributed by atoms with E-state index in [4.69, 9.17) is 28.2 Å². The predicted octanol–water partition coefficient (Wildman–Crippen LogP) is 6.43. The number of nitrogens with zero attached hydrogens (tertiary/aromatic N) is 1. The van der Waals surface area contributed by atoms with Crippen LogP contribution in [0.1, 0.15) is 0 Å². The Labute approximate surface area is 170 Å². The van der Waals surface area contributed by atoms with Crippen molar-refractivity contribution >= 4 is 68.2 Å². The molecule has 4 rings (SSSR count). The Hall–Kier alpha value is -2.27. The molecule has 0 aliphatic rings. The second kappa shape index (κ2) is 7.77. The minimum Gasteiger partial charge on any atom is -0.324 e. The molecular formula is C21H14Cl2N2OS. The van der Waals surface area contributed by atoms with Gasteiger partial charge in [0.15, 0.2) is 0 Å². The lowest BCUT2D eigenvalue weighted by atomic mass is 10.1. The lowest BCUT2D eigenvalue weighted by Gasteiger charge is -2.10. The van der Waals surface area contributed by atoms with Crippen LogP contribution < -0.4 is 5.32 Å². The average Bonchev–Trinajstić information content (AvgIpc) is 2.68. The van der Waals surface area contributed by atoms with Crippen LogP contribution in [0.2, 0.25) is 10.0 Å². The van der Waals surface area contributed by atoms with Gasteiger partial charge in [0.1, 0.15) is 5.03 Å². The number of fused-ring (bicyclic) bond motifs is 3. The van der Waals surface area contributed by atoms with E-state index in [1.54, 1.807) is 18.2 Å². The summed E-state index contributed by atoms with van der Waals surface area (Å²) in [6.07, 6.45) is 0. The molecule has 134 valence electrons. The van der Waals surface area contributed by atoms with Crippen molar-refractivity contribution in [3.8, 4) is 0 Å². The molecule has 1 heterocycles. The number of benzene rings is 3. The molecule has 1 aromatic heterocycles. The van der Waals surface area contributed by atoms with Gasteiger partial charge in [0.2, 0.25) is 5.91 Å². The van der Waals surface area contributed by atoms with Crippen molar-refractivity contribution in [1.82, 2.24) is 4.98 Å². The van der Waals surface area contributed by atoms with Crippen molar-refractivity contribution < 1.29 is 4.79 Å². The Kier molecular flexibility index (Phi) is 5.21. The Morgan fingerprint density at radius 2 is 1.63 bits per heavy atom. The zero-order valence-electron chi connectivity index (χ0n) is 14.1. The van der Waals surface area contributed by atoms with Crippen LogP contribution in [-0.4, -0.2) is 16.6 Å². The minimum atomic E-state index is -0.150. The predicted molar refractivity (Wildman–Crippen MR) is 115 cm³/mol. The summed E-state index contributed by atoms with van der Waals surface area (Å²) >= 11 is 13.4. The summed E-state index contributed by atoms with van der Waals surface area (Å²) in [7, 11) is 0. The number of hydrogen-bond donors (Lipinski definition) is 1. The molecule has 0 fully saturated rings. The molecule has 0 bridgehead atoms. The maximum atomic E-state index is 12.4. The summed E-state index contributed by atoms with van der Waals surface area (Å²) in [5.74, 6) is 0.0807. The van der Waals surface area contributed by atoms with E-state index in [0.717, 1.165) is 26.7 Å². The van der Waals surface area contributed by atoms with E-state index in [1.165, 1.54) is 11.8 Å². The molecule has 6 heteroatoms. The lowest BCUT2D eigenvalue weighted by Crippen LogP contribution is -2.14. The molecule has 0 spiro atoms. The van der Waals surface area contributed by atoms with Crippen LogP contribution in [0, 0.1) is 0 Å². The van der Waals surface area contributed by atoms with Crippen molar-refractivity contribution in [3.05, 3.63) is 76.8 Å². The van der Waals surface area contributed by atoms with Crippen molar-refractivity contribution in [2.45, 2.75) is 5.03 Å². The Bertz CT molecular complexity index is 1160. The number of nitrogens with one attached hydrogen (secondary N) is 1. The van der Waals surface area contributed by atoms with Crippen molar-refractivity contribution in [3.63, 3.8) is 0 Å². The molecule has 4 aromatic rings. The molecule has 0 unspecified atom stereocenters. The maximum absolute atomic E-state index is 12.4. The average molecular weight is 413 g/mol. The van der Waals surface area contributed by atoms with E-state index >= 15 is 0 Å². The Morgan fingerprint density at radius 3 is 2.41 bits per heavy atom. The van der Waals surface area contributed by atoms with Gasteiger partial charge < -0.3 is 5.32 Å². The van der Waals surface area contributed by atoms with Gasteiger partial charge in [-0.1, -0.05) is 77.4 Å². The third-order valence-corrected chi connectivity index (χ3v) is 5.66. The molecule has 27 heavy (non-hydrogen) atoms. The van der Waals surface area contributed by atoms with E-state index in [-0.39, 0.29) is 11.7 Å². The fourth-order valence-electron chi connectivity index (χ4n) is 2.89. The maximum Gasteiger partial charge on any atom is 0.234 e. The van der Waals surface area contributed by atoms with E-state index in [9.17, 15) is 4.79 Å². The number of anilines is 1. The molecule has 1 N–H and O–H groups in total. The van der Waals surface area contributed by atoms with Gasteiger partial charge >= 0.3 is 0 Å². The number of aromatic nitrogens is 1. The molecule has 0 aliphatic carbocycles. The first kappa shape index (κ1) is 18.1. The first-order valence-corrected chi connectivity index (χ1v) is 10.0. The number of carbonyl (C=O) groups is 1. The smallest absolute Gasteiger partial charge is 0.234 e. The van der Waals surface area contributed by atoms with E-state index < -0.39 is 0 Å². The van der Waals surface area contributed by atoms with Gasteiger partial charge in [0.05, 0.1) is 22.0 Å². The van der Waals surface area contributed by atoms with Gasteiger partial charge in [-0.05, 0) is 29.7 Å². The van der Waals surface area contributed by atoms with E-state index in [0.29, 0.717) is 15.7 Å². The largest absolute Gasteiger partial charge is 0.324 e. The molecule has 0 atom stereocenters. The molecule has 0 radical (unpaired) electrons. The van der Waals surface area contributed by atoms with Gasteiger partial charge in [-0.2, -0.15) is 0 Å². The zero-order valence-corrected chi connectivity index (χ0v) is 16.4. The number of rotatable bonds is 4. The number of pyridine rings is 1. The minimum absolute atomic E-state index is 0.150. The summed E-state index contributed by atoms with van der Waals surface area (Å²) in [6.45, 7) is 0. The fourth-order valence-corrected chi connectivity index (χ4v) is 4.19. The quantitative estimate of drug-likeness (QED) is 0.310. The van der Waals surface area contributed by atoms with Gasteiger partial charge in [-0.3, -0.25) is 4.79 Å². The Balaban J connectivity index is 1.58. The van der Waals surface area contributed by atoms with Crippen LogP contribution in [0.5, 0.6) is 0 Å². The number of halogens is 2.